The van der Waals surface area contributed by atoms with Crippen LogP contribution in [0.25, 0.3) is 11.3 Å². The smallest absolute Gasteiger partial charge is 0.233 e. The predicted molar refractivity (Wildman–Crippen MR) is 107 cm³/mol. The number of rotatable bonds is 6. The number of nitrogens with zero attached hydrogens (tertiary/aromatic N) is 2. The molecular formula is C20H20ClN3OS. The van der Waals surface area contributed by atoms with E-state index in [2.05, 4.69) is 10.3 Å². The summed E-state index contributed by atoms with van der Waals surface area (Å²) in [4.78, 5) is 16.9. The number of hydrogen-bond acceptors (Lipinski definition) is 3. The number of carbonyl (C=O) groups is 1. The standard InChI is InChI=1S/C20H20ClN3OS/c1-14(19(25)22-12-16-10-6-7-11-17(16)21)26-20-23-13-18(24(20)2)15-8-4-3-5-9-15/h3-11,13-14H,12H2,1-2H3,(H,22,25). The van der Waals surface area contributed by atoms with E-state index in [-0.39, 0.29) is 11.2 Å². The van der Waals surface area contributed by atoms with Crippen molar-refractivity contribution in [1.29, 1.82) is 0 Å². The van der Waals surface area contributed by atoms with E-state index < -0.39 is 0 Å². The van der Waals surface area contributed by atoms with Crippen LogP contribution in [0, 0.1) is 0 Å². The van der Waals surface area contributed by atoms with Gasteiger partial charge in [0, 0.05) is 18.6 Å². The number of imidazole rings is 1. The molecule has 4 nitrogen and oxygen atoms in total. The number of carbonyl (C=O) groups excluding carboxylic acids is 1. The number of thioether (sulfide) groups is 1. The molecule has 0 radical (unpaired) electrons. The van der Waals surface area contributed by atoms with E-state index in [0.717, 1.165) is 22.0 Å². The van der Waals surface area contributed by atoms with E-state index >= 15 is 0 Å². The lowest BCUT2D eigenvalue weighted by molar-refractivity contribution is -0.120. The molecule has 1 aromatic heterocycles. The molecule has 6 heteroatoms. The molecule has 1 atom stereocenters. The Hall–Kier alpha value is -2.24. The topological polar surface area (TPSA) is 46.9 Å². The molecule has 1 amide bonds. The molecule has 26 heavy (non-hydrogen) atoms. The second-order valence-corrected chi connectivity index (χ2v) is 7.64. The van der Waals surface area contributed by atoms with Gasteiger partial charge in [-0.05, 0) is 24.1 Å². The number of nitrogens with one attached hydrogen (secondary N) is 1. The highest BCUT2D eigenvalue weighted by Crippen LogP contribution is 2.27. The van der Waals surface area contributed by atoms with Crippen LogP contribution in [0.1, 0.15) is 12.5 Å². The Morgan fingerprint density at radius 1 is 1.19 bits per heavy atom. The fraction of sp³-hybridized carbons (Fsp3) is 0.200. The molecule has 3 aromatic rings. The molecule has 1 unspecified atom stereocenters. The van der Waals surface area contributed by atoms with Crippen molar-refractivity contribution in [3.05, 3.63) is 71.4 Å². The summed E-state index contributed by atoms with van der Waals surface area (Å²) in [5, 5.41) is 4.14. The third-order valence-corrected chi connectivity index (χ3v) is 5.60. The Labute approximate surface area is 162 Å². The summed E-state index contributed by atoms with van der Waals surface area (Å²) in [5.41, 5.74) is 3.03. The SMILES string of the molecule is CC(Sc1ncc(-c2ccccc2)n1C)C(=O)NCc1ccccc1Cl. The molecule has 0 aliphatic heterocycles. The summed E-state index contributed by atoms with van der Waals surface area (Å²) in [6.07, 6.45) is 1.84. The van der Waals surface area contributed by atoms with Gasteiger partial charge in [0.15, 0.2) is 5.16 Å². The predicted octanol–water partition coefficient (Wildman–Crippen LogP) is 4.54. The monoisotopic (exact) mass is 385 g/mol. The van der Waals surface area contributed by atoms with E-state index in [4.69, 9.17) is 11.6 Å². The first-order valence-electron chi connectivity index (χ1n) is 8.31. The molecule has 134 valence electrons. The van der Waals surface area contributed by atoms with Crippen LogP contribution in [-0.2, 0) is 18.4 Å². The van der Waals surface area contributed by atoms with Crippen molar-refractivity contribution >= 4 is 29.3 Å². The summed E-state index contributed by atoms with van der Waals surface area (Å²) >= 11 is 7.57. The largest absolute Gasteiger partial charge is 0.351 e. The van der Waals surface area contributed by atoms with Crippen LogP contribution in [0.4, 0.5) is 0 Å². The molecular weight excluding hydrogens is 366 g/mol. The van der Waals surface area contributed by atoms with Crippen LogP contribution in [0.5, 0.6) is 0 Å². The Bertz CT molecular complexity index is 895. The lowest BCUT2D eigenvalue weighted by atomic mass is 10.2. The summed E-state index contributed by atoms with van der Waals surface area (Å²) in [5.74, 6) is -0.0424. The number of aromatic nitrogens is 2. The normalized spacial score (nSPS) is 12.0. The lowest BCUT2D eigenvalue weighted by Gasteiger charge is -2.13. The molecule has 3 rings (SSSR count). The maximum Gasteiger partial charge on any atom is 0.233 e. The van der Waals surface area contributed by atoms with Gasteiger partial charge in [-0.2, -0.15) is 0 Å². The molecule has 0 bridgehead atoms. The first-order valence-corrected chi connectivity index (χ1v) is 9.57. The highest BCUT2D eigenvalue weighted by molar-refractivity contribution is 8.00. The Morgan fingerprint density at radius 2 is 1.88 bits per heavy atom. The lowest BCUT2D eigenvalue weighted by Crippen LogP contribution is -2.30. The molecule has 0 saturated carbocycles. The van der Waals surface area contributed by atoms with Gasteiger partial charge in [0.25, 0.3) is 0 Å². The molecule has 0 aliphatic rings. The van der Waals surface area contributed by atoms with E-state index in [1.807, 2.05) is 79.3 Å². The highest BCUT2D eigenvalue weighted by Gasteiger charge is 2.18. The first kappa shape index (κ1) is 18.5. The Kier molecular flexibility index (Phi) is 6.01. The number of halogens is 1. The van der Waals surface area contributed by atoms with E-state index in [9.17, 15) is 4.79 Å². The zero-order chi connectivity index (χ0) is 18.5. The van der Waals surface area contributed by atoms with Gasteiger partial charge in [-0.25, -0.2) is 4.98 Å². The van der Waals surface area contributed by atoms with Crippen LogP contribution >= 0.6 is 23.4 Å². The van der Waals surface area contributed by atoms with Crippen molar-refractivity contribution in [3.8, 4) is 11.3 Å². The summed E-state index contributed by atoms with van der Waals surface area (Å²) in [6, 6.07) is 17.6. The minimum atomic E-state index is -0.262. The summed E-state index contributed by atoms with van der Waals surface area (Å²) < 4.78 is 2.01. The third kappa shape index (κ3) is 4.29. The molecule has 0 fully saturated rings. The first-order chi connectivity index (χ1) is 12.6. The van der Waals surface area contributed by atoms with Gasteiger partial charge in [0.05, 0.1) is 17.1 Å². The second kappa shape index (κ2) is 8.43. The van der Waals surface area contributed by atoms with Crippen molar-refractivity contribution < 1.29 is 4.79 Å². The average molecular weight is 386 g/mol. The van der Waals surface area contributed by atoms with Gasteiger partial charge < -0.3 is 9.88 Å². The van der Waals surface area contributed by atoms with Crippen LogP contribution < -0.4 is 5.32 Å². The quantitative estimate of drug-likeness (QED) is 0.634. The van der Waals surface area contributed by atoms with Crippen molar-refractivity contribution in [2.24, 2.45) is 7.05 Å². The molecule has 1 heterocycles. The highest BCUT2D eigenvalue weighted by atomic mass is 35.5. The maximum atomic E-state index is 12.4. The van der Waals surface area contributed by atoms with Gasteiger partial charge in [-0.3, -0.25) is 4.79 Å². The summed E-state index contributed by atoms with van der Waals surface area (Å²) in [7, 11) is 1.96. The second-order valence-electron chi connectivity index (χ2n) is 5.92. The fourth-order valence-electron chi connectivity index (χ4n) is 2.56. The van der Waals surface area contributed by atoms with Crippen LogP contribution in [0.3, 0.4) is 0 Å². The van der Waals surface area contributed by atoms with Crippen molar-refractivity contribution in [2.75, 3.05) is 0 Å². The number of amides is 1. The van der Waals surface area contributed by atoms with Gasteiger partial charge in [0.1, 0.15) is 0 Å². The van der Waals surface area contributed by atoms with E-state index in [1.165, 1.54) is 11.8 Å². The average Bonchev–Trinajstić information content (AvgIpc) is 3.02. The van der Waals surface area contributed by atoms with Crippen LogP contribution in [0.15, 0.2) is 66.0 Å². The van der Waals surface area contributed by atoms with E-state index in [1.54, 1.807) is 0 Å². The molecule has 2 aromatic carbocycles. The van der Waals surface area contributed by atoms with E-state index in [0.29, 0.717) is 11.6 Å². The Balaban J connectivity index is 1.63. The maximum absolute atomic E-state index is 12.4. The zero-order valence-corrected chi connectivity index (χ0v) is 16.2. The Morgan fingerprint density at radius 3 is 2.62 bits per heavy atom. The number of hydrogen-bond donors (Lipinski definition) is 1. The molecule has 1 N–H and O–H groups in total. The van der Waals surface area contributed by atoms with Crippen LogP contribution in [0.2, 0.25) is 5.02 Å². The van der Waals surface area contributed by atoms with Crippen molar-refractivity contribution in [1.82, 2.24) is 14.9 Å². The van der Waals surface area contributed by atoms with Gasteiger partial charge in [-0.1, -0.05) is 71.9 Å². The molecule has 0 saturated heterocycles. The van der Waals surface area contributed by atoms with Gasteiger partial charge in [0.2, 0.25) is 5.91 Å². The van der Waals surface area contributed by atoms with Gasteiger partial charge in [-0.15, -0.1) is 0 Å². The van der Waals surface area contributed by atoms with Crippen molar-refractivity contribution in [2.45, 2.75) is 23.9 Å². The molecule has 0 aliphatic carbocycles. The van der Waals surface area contributed by atoms with Crippen LogP contribution in [-0.4, -0.2) is 20.7 Å². The third-order valence-electron chi connectivity index (χ3n) is 4.08. The molecule has 0 spiro atoms. The minimum Gasteiger partial charge on any atom is -0.351 e. The zero-order valence-electron chi connectivity index (χ0n) is 14.6. The van der Waals surface area contributed by atoms with Gasteiger partial charge >= 0.3 is 0 Å². The fourth-order valence-corrected chi connectivity index (χ4v) is 3.64. The summed E-state index contributed by atoms with van der Waals surface area (Å²) in [6.45, 7) is 2.29. The minimum absolute atomic E-state index is 0.0424. The van der Waals surface area contributed by atoms with Crippen molar-refractivity contribution in [3.63, 3.8) is 0 Å². The number of benzene rings is 2.